The van der Waals surface area contributed by atoms with Gasteiger partial charge >= 0.3 is 0 Å². The molecule has 132 valence electrons. The van der Waals surface area contributed by atoms with Crippen molar-refractivity contribution >= 4 is 41.3 Å². The number of hydrogen-bond donors (Lipinski definition) is 2. The quantitative estimate of drug-likeness (QED) is 0.379. The Hall–Kier alpha value is -0.340. The molecule has 0 amide bonds. The van der Waals surface area contributed by atoms with Gasteiger partial charge in [0, 0.05) is 24.0 Å². The lowest BCUT2D eigenvalue weighted by Crippen LogP contribution is -2.46. The van der Waals surface area contributed by atoms with Gasteiger partial charge in [0.15, 0.2) is 5.96 Å². The lowest BCUT2D eigenvalue weighted by Gasteiger charge is -2.27. The Balaban J connectivity index is 0.00000264. The van der Waals surface area contributed by atoms with Gasteiger partial charge in [0.2, 0.25) is 0 Å². The van der Waals surface area contributed by atoms with Crippen LogP contribution in [-0.4, -0.2) is 43.1 Å². The van der Waals surface area contributed by atoms with E-state index in [1.807, 2.05) is 0 Å². The molecule has 0 spiro atoms. The first-order valence-electron chi connectivity index (χ1n) is 8.53. The predicted molar refractivity (Wildman–Crippen MR) is 112 cm³/mol. The summed E-state index contributed by atoms with van der Waals surface area (Å²) in [5, 5.41) is 9.03. The van der Waals surface area contributed by atoms with E-state index < -0.39 is 0 Å². The number of nitrogens with zero attached hydrogens (tertiary/aromatic N) is 2. The average molecular weight is 450 g/mol. The van der Waals surface area contributed by atoms with E-state index in [2.05, 4.69) is 47.8 Å². The van der Waals surface area contributed by atoms with Gasteiger partial charge in [0.05, 0.1) is 6.54 Å². The third-order valence-corrected chi connectivity index (χ3v) is 5.33. The fraction of sp³-hybridized carbons (Fsp3) is 0.706. The lowest BCUT2D eigenvalue weighted by molar-refractivity contribution is 0.236. The Morgan fingerprint density at radius 2 is 2.04 bits per heavy atom. The smallest absolute Gasteiger partial charge is 0.191 e. The summed E-state index contributed by atoms with van der Waals surface area (Å²) < 4.78 is 0. The average Bonchev–Trinajstić information content (AvgIpc) is 3.17. The lowest BCUT2D eigenvalue weighted by atomic mass is 10.2. The molecule has 0 radical (unpaired) electrons. The molecule has 1 unspecified atom stereocenters. The maximum absolute atomic E-state index is 4.74. The topological polar surface area (TPSA) is 39.7 Å². The van der Waals surface area contributed by atoms with E-state index in [1.165, 1.54) is 42.8 Å². The molecule has 4 nitrogen and oxygen atoms in total. The van der Waals surface area contributed by atoms with Crippen molar-refractivity contribution in [2.45, 2.75) is 52.6 Å². The van der Waals surface area contributed by atoms with Gasteiger partial charge in [0.25, 0.3) is 0 Å². The molecular weight excluding hydrogens is 419 g/mol. The van der Waals surface area contributed by atoms with Crippen LogP contribution in [0, 0.1) is 6.92 Å². The minimum Gasteiger partial charge on any atom is -0.357 e. The number of thiophene rings is 1. The molecule has 0 saturated carbocycles. The second kappa shape index (κ2) is 11.3. The van der Waals surface area contributed by atoms with Crippen molar-refractivity contribution in [2.75, 3.05) is 26.2 Å². The summed E-state index contributed by atoms with van der Waals surface area (Å²) in [5.74, 6) is 0.938. The predicted octanol–water partition coefficient (Wildman–Crippen LogP) is 3.60. The Labute approximate surface area is 162 Å². The molecule has 0 aliphatic carbocycles. The van der Waals surface area contributed by atoms with Gasteiger partial charge in [-0.25, -0.2) is 4.99 Å². The van der Waals surface area contributed by atoms with E-state index in [9.17, 15) is 0 Å². The summed E-state index contributed by atoms with van der Waals surface area (Å²) in [6.07, 6.45) is 3.89. The zero-order valence-electron chi connectivity index (χ0n) is 14.6. The van der Waals surface area contributed by atoms with E-state index in [0.29, 0.717) is 6.04 Å². The summed E-state index contributed by atoms with van der Waals surface area (Å²) in [5.41, 5.74) is 1.34. The molecule has 1 aliphatic heterocycles. The fourth-order valence-corrected chi connectivity index (χ4v) is 3.74. The SMILES string of the molecule is CCNC(=NCc1sccc1C)NCC(CC)N1CCCC1.I. The van der Waals surface area contributed by atoms with Crippen molar-refractivity contribution < 1.29 is 0 Å². The molecule has 0 bridgehead atoms. The normalized spacial score (nSPS) is 16.9. The number of guanidine groups is 1. The highest BCUT2D eigenvalue weighted by Crippen LogP contribution is 2.16. The fourth-order valence-electron chi connectivity index (χ4n) is 2.91. The minimum atomic E-state index is 0. The van der Waals surface area contributed by atoms with E-state index in [0.717, 1.165) is 25.6 Å². The molecule has 2 rings (SSSR count). The second-order valence-electron chi connectivity index (χ2n) is 5.91. The third-order valence-electron chi connectivity index (χ3n) is 4.33. The molecular formula is C17H31IN4S. The van der Waals surface area contributed by atoms with Crippen LogP contribution >= 0.6 is 35.3 Å². The van der Waals surface area contributed by atoms with Gasteiger partial charge < -0.3 is 10.6 Å². The van der Waals surface area contributed by atoms with Crippen LogP contribution in [0.2, 0.25) is 0 Å². The number of rotatable bonds is 7. The van der Waals surface area contributed by atoms with E-state index >= 15 is 0 Å². The Bertz CT molecular complexity index is 469. The second-order valence-corrected chi connectivity index (χ2v) is 6.91. The van der Waals surface area contributed by atoms with Crippen molar-refractivity contribution in [3.63, 3.8) is 0 Å². The highest BCUT2D eigenvalue weighted by atomic mass is 127. The molecule has 1 aromatic rings. The van der Waals surface area contributed by atoms with Crippen LogP contribution in [0.15, 0.2) is 16.4 Å². The summed E-state index contributed by atoms with van der Waals surface area (Å²) >= 11 is 1.79. The van der Waals surface area contributed by atoms with E-state index in [-0.39, 0.29) is 24.0 Å². The number of hydrogen-bond acceptors (Lipinski definition) is 3. The monoisotopic (exact) mass is 450 g/mol. The molecule has 23 heavy (non-hydrogen) atoms. The van der Waals surface area contributed by atoms with Crippen LogP contribution in [0.5, 0.6) is 0 Å². The van der Waals surface area contributed by atoms with Crippen molar-refractivity contribution in [1.29, 1.82) is 0 Å². The molecule has 0 aromatic carbocycles. The van der Waals surface area contributed by atoms with Gasteiger partial charge in [-0.2, -0.15) is 0 Å². The number of aliphatic imine (C=N–C) groups is 1. The summed E-state index contributed by atoms with van der Waals surface area (Å²) in [6, 6.07) is 2.78. The van der Waals surface area contributed by atoms with Crippen molar-refractivity contribution in [3.05, 3.63) is 21.9 Å². The first-order valence-corrected chi connectivity index (χ1v) is 9.41. The molecule has 1 saturated heterocycles. The van der Waals surface area contributed by atoms with Crippen molar-refractivity contribution in [1.82, 2.24) is 15.5 Å². The minimum absolute atomic E-state index is 0. The van der Waals surface area contributed by atoms with Crippen molar-refractivity contribution in [3.8, 4) is 0 Å². The maximum Gasteiger partial charge on any atom is 0.191 e. The Morgan fingerprint density at radius 3 is 2.61 bits per heavy atom. The zero-order valence-corrected chi connectivity index (χ0v) is 17.7. The number of nitrogens with one attached hydrogen (secondary N) is 2. The molecule has 6 heteroatoms. The summed E-state index contributed by atoms with van der Waals surface area (Å²) in [7, 11) is 0. The molecule has 1 atom stereocenters. The standard InChI is InChI=1S/C17H30N4S.HI/c1-4-15(21-9-6-7-10-21)12-19-17(18-5-2)20-13-16-14(3)8-11-22-16;/h8,11,15H,4-7,9-10,12-13H2,1-3H3,(H2,18,19,20);1H. The summed E-state index contributed by atoms with van der Waals surface area (Å²) in [6.45, 7) is 11.7. The van der Waals surface area contributed by atoms with E-state index in [4.69, 9.17) is 4.99 Å². The Morgan fingerprint density at radius 1 is 1.30 bits per heavy atom. The molecule has 1 fully saturated rings. The van der Waals surface area contributed by atoms with Crippen molar-refractivity contribution in [2.24, 2.45) is 4.99 Å². The Kier molecular flexibility index (Phi) is 10.1. The third kappa shape index (κ3) is 6.58. The highest BCUT2D eigenvalue weighted by Gasteiger charge is 2.20. The van der Waals surface area contributed by atoms with Gasteiger partial charge in [-0.05, 0) is 63.2 Å². The van der Waals surface area contributed by atoms with E-state index in [1.54, 1.807) is 11.3 Å². The van der Waals surface area contributed by atoms with Gasteiger partial charge in [-0.15, -0.1) is 35.3 Å². The molecule has 2 N–H and O–H groups in total. The van der Waals surface area contributed by atoms with Crippen LogP contribution in [0.1, 0.15) is 43.6 Å². The molecule has 1 aliphatic rings. The molecule has 2 heterocycles. The van der Waals surface area contributed by atoms with Gasteiger partial charge in [-0.1, -0.05) is 6.92 Å². The van der Waals surface area contributed by atoms with Crippen LogP contribution in [0.3, 0.4) is 0 Å². The van der Waals surface area contributed by atoms with Crippen LogP contribution in [0.4, 0.5) is 0 Å². The van der Waals surface area contributed by atoms with Crippen LogP contribution < -0.4 is 10.6 Å². The maximum atomic E-state index is 4.74. The van der Waals surface area contributed by atoms with Gasteiger partial charge in [-0.3, -0.25) is 4.90 Å². The largest absolute Gasteiger partial charge is 0.357 e. The number of aryl methyl sites for hydroxylation is 1. The number of halogens is 1. The highest BCUT2D eigenvalue weighted by molar-refractivity contribution is 14.0. The zero-order chi connectivity index (χ0) is 15.8. The number of likely N-dealkylation sites (tertiary alicyclic amines) is 1. The molecule has 1 aromatic heterocycles. The first-order chi connectivity index (χ1) is 10.7. The first kappa shape index (κ1) is 20.7. The summed E-state index contributed by atoms with van der Waals surface area (Å²) in [4.78, 5) is 8.70. The van der Waals surface area contributed by atoms with Gasteiger partial charge in [0.1, 0.15) is 0 Å². The van der Waals surface area contributed by atoms with Crippen LogP contribution in [0.25, 0.3) is 0 Å². The van der Waals surface area contributed by atoms with Crippen LogP contribution in [-0.2, 0) is 6.54 Å².